The average molecular weight is 785 g/mol. The van der Waals surface area contributed by atoms with Gasteiger partial charge in [0.15, 0.2) is 17.7 Å². The Labute approximate surface area is 330 Å². The standard InChI is InChI=1S/C42H61FN4O9/c1-11-32-42(8)34(46-39(51)56-42)27(5)44-22-24(2)21-40(6,52-18-14-15-28-20-29-16-12-13-17-30(29)45-23-28)36(26(4)35(49)41(7,43)38(50)54-32)55-37-33(48)31(47(9)10)19-25(3)53-37/h12-17,20,23-27,31-34,36-37,44,48H,11,18-19,21-22H2,1-10H3,(H,46,51)/b15-14+/t24-,25?,26+,27-,31?,32-,33?,34-,36-,37+,40-,41?,42-/m1/s1. The summed E-state index contributed by atoms with van der Waals surface area (Å²) in [6.07, 6.45) is 0.890. The molecule has 3 saturated heterocycles. The van der Waals surface area contributed by atoms with Crippen molar-refractivity contribution in [3.8, 4) is 0 Å². The molecule has 56 heavy (non-hydrogen) atoms. The molecule has 1 amide bonds. The van der Waals surface area contributed by atoms with Gasteiger partial charge in [-0.3, -0.25) is 9.78 Å². The van der Waals surface area contributed by atoms with Crippen molar-refractivity contribution >= 4 is 34.8 Å². The first-order chi connectivity index (χ1) is 26.3. The van der Waals surface area contributed by atoms with Gasteiger partial charge >= 0.3 is 12.1 Å². The van der Waals surface area contributed by atoms with E-state index in [1.807, 2.05) is 82.3 Å². The first-order valence-corrected chi connectivity index (χ1v) is 19.8. The van der Waals surface area contributed by atoms with E-state index in [0.29, 0.717) is 19.4 Å². The predicted octanol–water partition coefficient (Wildman–Crippen LogP) is 4.97. The van der Waals surface area contributed by atoms with E-state index in [1.165, 1.54) is 6.92 Å². The Kier molecular flexibility index (Phi) is 13.6. The number of aromatic nitrogens is 1. The number of Topliss-reactive ketones (excluding diaryl/α,β-unsaturated/α-hetero) is 1. The maximum Gasteiger partial charge on any atom is 0.408 e. The predicted molar refractivity (Wildman–Crippen MR) is 209 cm³/mol. The summed E-state index contributed by atoms with van der Waals surface area (Å²) >= 11 is 0. The zero-order valence-corrected chi connectivity index (χ0v) is 34.4. The van der Waals surface area contributed by atoms with E-state index in [-0.39, 0.29) is 37.1 Å². The molecule has 3 N–H and O–H groups in total. The molecule has 13 atom stereocenters. The lowest BCUT2D eigenvalue weighted by atomic mass is 9.77. The maximum absolute atomic E-state index is 16.9. The van der Waals surface area contributed by atoms with Crippen molar-refractivity contribution in [2.24, 2.45) is 11.8 Å². The zero-order chi connectivity index (χ0) is 41.2. The Morgan fingerprint density at radius 1 is 1.11 bits per heavy atom. The quantitative estimate of drug-likeness (QED) is 0.244. The maximum atomic E-state index is 16.9. The Morgan fingerprint density at radius 2 is 1.82 bits per heavy atom. The van der Waals surface area contributed by atoms with Crippen molar-refractivity contribution in [2.45, 2.75) is 140 Å². The van der Waals surface area contributed by atoms with Crippen molar-refractivity contribution in [3.63, 3.8) is 0 Å². The lowest BCUT2D eigenvalue weighted by Gasteiger charge is -2.47. The van der Waals surface area contributed by atoms with Gasteiger partial charge in [0.25, 0.3) is 5.67 Å². The molecular weight excluding hydrogens is 723 g/mol. The van der Waals surface area contributed by atoms with Crippen LogP contribution in [0.25, 0.3) is 17.0 Å². The number of aliphatic hydroxyl groups excluding tert-OH is 1. The van der Waals surface area contributed by atoms with Gasteiger partial charge in [0.05, 0.1) is 36.0 Å². The number of esters is 1. The normalized spacial score (nSPS) is 39.1. The second-order valence-electron chi connectivity index (χ2n) is 16.8. The summed E-state index contributed by atoms with van der Waals surface area (Å²) in [5.41, 5.74) is -4.09. The van der Waals surface area contributed by atoms with Gasteiger partial charge in [0, 0.05) is 29.6 Å². The van der Waals surface area contributed by atoms with E-state index >= 15 is 4.39 Å². The highest BCUT2D eigenvalue weighted by Gasteiger charge is 2.58. The second-order valence-corrected chi connectivity index (χ2v) is 16.8. The van der Waals surface area contributed by atoms with Crippen LogP contribution in [0.15, 0.2) is 42.6 Å². The number of likely N-dealkylation sites (N-methyl/N-ethyl adjacent to an activating group) is 1. The number of alkyl carbamates (subject to hydrolysis) is 1. The van der Waals surface area contributed by atoms with Crippen LogP contribution in [-0.2, 0) is 33.3 Å². The molecule has 3 aliphatic rings. The highest BCUT2D eigenvalue weighted by Crippen LogP contribution is 2.39. The summed E-state index contributed by atoms with van der Waals surface area (Å²) in [5, 5.41) is 18.9. The van der Waals surface area contributed by atoms with Crippen LogP contribution < -0.4 is 10.6 Å². The number of para-hydroxylation sites is 1. The number of fused-ring (bicyclic) bond motifs is 2. The van der Waals surface area contributed by atoms with Crippen molar-refractivity contribution < 1.29 is 47.6 Å². The number of carbonyl (C=O) groups is 3. The highest BCUT2D eigenvalue weighted by atomic mass is 19.1. The second kappa shape index (κ2) is 17.5. The number of benzene rings is 1. The first-order valence-electron chi connectivity index (χ1n) is 19.8. The lowest BCUT2D eigenvalue weighted by molar-refractivity contribution is -0.297. The number of carbonyl (C=O) groups excluding carboxylic acids is 3. The SMILES string of the molecule is CC[C@H]1OC(=O)C(C)(F)C(=O)[C@H](C)[C@@H](O[C@@H]2OC(C)CC(N(C)C)C2O)[C@](C)(OC/C=C/c2cnc3ccccc3c2)C[C@@H](C)CN[C@H](C)[C@H]2NC(=O)O[C@@]21C. The van der Waals surface area contributed by atoms with E-state index < -0.39 is 71.3 Å². The van der Waals surface area contributed by atoms with Crippen molar-refractivity contribution in [3.05, 3.63) is 48.2 Å². The number of ketones is 1. The third-order valence-electron chi connectivity index (χ3n) is 11.8. The Hall–Kier alpha value is -3.53. The number of alkyl halides is 1. The number of aliphatic hydroxyl groups is 1. The number of hydrogen-bond acceptors (Lipinski definition) is 12. The largest absolute Gasteiger partial charge is 0.455 e. The molecule has 13 nitrogen and oxygen atoms in total. The molecule has 310 valence electrons. The molecule has 0 bridgehead atoms. The molecule has 5 rings (SSSR count). The van der Waals surface area contributed by atoms with Crippen LogP contribution in [0.3, 0.4) is 0 Å². The number of pyridine rings is 1. The van der Waals surface area contributed by atoms with E-state index in [4.69, 9.17) is 23.7 Å². The third kappa shape index (κ3) is 9.26. The smallest absolute Gasteiger partial charge is 0.408 e. The van der Waals surface area contributed by atoms with Gasteiger partial charge in [-0.15, -0.1) is 0 Å². The van der Waals surface area contributed by atoms with Crippen LogP contribution in [-0.4, -0.2) is 126 Å². The number of ether oxygens (including phenoxy) is 5. The summed E-state index contributed by atoms with van der Waals surface area (Å²) in [4.78, 5) is 47.3. The molecule has 0 aliphatic carbocycles. The fourth-order valence-electron chi connectivity index (χ4n) is 8.68. The number of amides is 1. The fraction of sp³-hybridized carbons (Fsp3) is 0.667. The molecule has 0 spiro atoms. The molecule has 0 radical (unpaired) electrons. The van der Waals surface area contributed by atoms with Gasteiger partial charge in [0.2, 0.25) is 0 Å². The fourth-order valence-corrected chi connectivity index (χ4v) is 8.68. The van der Waals surface area contributed by atoms with E-state index in [9.17, 15) is 19.5 Å². The molecule has 2 aromatic rings. The molecule has 3 aliphatic heterocycles. The minimum atomic E-state index is -3.14. The van der Waals surface area contributed by atoms with Crippen LogP contribution in [0.2, 0.25) is 0 Å². The minimum absolute atomic E-state index is 0.0718. The molecule has 0 saturated carbocycles. The summed E-state index contributed by atoms with van der Waals surface area (Å²) in [6.45, 7) is 13.9. The Balaban J connectivity index is 1.54. The van der Waals surface area contributed by atoms with Crippen LogP contribution >= 0.6 is 0 Å². The summed E-state index contributed by atoms with van der Waals surface area (Å²) in [7, 11) is 3.71. The van der Waals surface area contributed by atoms with Gasteiger partial charge in [-0.05, 0) is 98.1 Å². The number of hydrogen-bond donors (Lipinski definition) is 3. The molecule has 14 heteroatoms. The number of rotatable bonds is 8. The Bertz CT molecular complexity index is 1740. The van der Waals surface area contributed by atoms with Gasteiger partial charge < -0.3 is 44.3 Å². The van der Waals surface area contributed by atoms with E-state index in [0.717, 1.165) is 23.4 Å². The number of cyclic esters (lactones) is 1. The van der Waals surface area contributed by atoms with E-state index in [1.54, 1.807) is 27.0 Å². The monoisotopic (exact) mass is 784 g/mol. The first kappa shape index (κ1) is 43.6. The molecular formula is C42H61FN4O9. The third-order valence-corrected chi connectivity index (χ3v) is 11.8. The molecule has 4 unspecified atom stereocenters. The van der Waals surface area contributed by atoms with Gasteiger partial charge in [0.1, 0.15) is 12.2 Å². The minimum Gasteiger partial charge on any atom is -0.455 e. The van der Waals surface area contributed by atoms with Gasteiger partial charge in [-0.2, -0.15) is 0 Å². The van der Waals surface area contributed by atoms with Crippen molar-refractivity contribution in [1.82, 2.24) is 20.5 Å². The Morgan fingerprint density at radius 3 is 2.52 bits per heavy atom. The number of halogens is 1. The van der Waals surface area contributed by atoms with Crippen molar-refractivity contribution in [2.75, 3.05) is 27.2 Å². The average Bonchev–Trinajstić information content (AvgIpc) is 3.47. The number of nitrogens with zero attached hydrogens (tertiary/aromatic N) is 2. The van der Waals surface area contributed by atoms with Crippen molar-refractivity contribution in [1.29, 1.82) is 0 Å². The topological polar surface area (TPSA) is 158 Å². The van der Waals surface area contributed by atoms with Crippen LogP contribution in [0.5, 0.6) is 0 Å². The summed E-state index contributed by atoms with van der Waals surface area (Å²) in [6, 6.07) is 8.46. The van der Waals surface area contributed by atoms with Crippen LogP contribution in [0, 0.1) is 11.8 Å². The lowest BCUT2D eigenvalue weighted by Crippen LogP contribution is -2.61. The summed E-state index contributed by atoms with van der Waals surface area (Å²) in [5.74, 6) is -3.94. The number of nitrogens with one attached hydrogen (secondary N) is 2. The van der Waals surface area contributed by atoms with Crippen LogP contribution in [0.1, 0.15) is 80.2 Å². The van der Waals surface area contributed by atoms with Crippen LogP contribution in [0.4, 0.5) is 9.18 Å². The highest BCUT2D eigenvalue weighted by molar-refractivity contribution is 6.07. The molecule has 4 heterocycles. The molecule has 1 aromatic heterocycles. The molecule has 1 aromatic carbocycles. The van der Waals surface area contributed by atoms with Gasteiger partial charge in [-0.1, -0.05) is 51.1 Å². The van der Waals surface area contributed by atoms with E-state index in [2.05, 4.69) is 15.6 Å². The zero-order valence-electron chi connectivity index (χ0n) is 34.4. The molecule has 3 fully saturated rings. The van der Waals surface area contributed by atoms with Gasteiger partial charge in [-0.25, -0.2) is 14.0 Å². The summed E-state index contributed by atoms with van der Waals surface area (Å²) < 4.78 is 48.0.